The predicted molar refractivity (Wildman–Crippen MR) is 139 cm³/mol. The molecule has 0 spiro atoms. The van der Waals surface area contributed by atoms with Gasteiger partial charge in [0.15, 0.2) is 17.3 Å². The van der Waals surface area contributed by atoms with Gasteiger partial charge in [0, 0.05) is 12.6 Å². The van der Waals surface area contributed by atoms with Crippen LogP contribution in [0.2, 0.25) is 0 Å². The van der Waals surface area contributed by atoms with Crippen molar-refractivity contribution in [1.29, 1.82) is 0 Å². The second-order valence-electron chi connectivity index (χ2n) is 9.06. The van der Waals surface area contributed by atoms with Gasteiger partial charge in [-0.2, -0.15) is 0 Å². The molecule has 4 rings (SSSR count). The smallest absolute Gasteiger partial charge is 0.290 e. The summed E-state index contributed by atoms with van der Waals surface area (Å²) in [6.45, 7) is 0.295. The topological polar surface area (TPSA) is 90.2 Å². The minimum absolute atomic E-state index is 0.0757. The zero-order chi connectivity index (χ0) is 26.2. The van der Waals surface area contributed by atoms with Crippen molar-refractivity contribution in [3.8, 4) is 17.2 Å². The molecule has 0 radical (unpaired) electrons. The van der Waals surface area contributed by atoms with Gasteiger partial charge in [-0.1, -0.05) is 43.2 Å². The molecule has 1 N–H and O–H groups in total. The summed E-state index contributed by atoms with van der Waals surface area (Å²) in [5.74, 6) is 0.763. The van der Waals surface area contributed by atoms with E-state index in [-0.39, 0.29) is 23.6 Å². The van der Waals surface area contributed by atoms with Crippen LogP contribution in [0.1, 0.15) is 53.4 Å². The Balaban J connectivity index is 1.79. The average molecular weight is 507 g/mol. The first kappa shape index (κ1) is 26.1. The van der Waals surface area contributed by atoms with Gasteiger partial charge in [-0.3, -0.25) is 9.59 Å². The van der Waals surface area contributed by atoms with E-state index < -0.39 is 6.04 Å². The van der Waals surface area contributed by atoms with Gasteiger partial charge >= 0.3 is 0 Å². The SMILES string of the molecule is COc1cc([C@H](C(=O)NC2CCCC2)N(CCc2ccccc2)C(=O)c2ccco2)cc(OC)c1OC. The molecule has 8 heteroatoms. The molecule has 1 fully saturated rings. The van der Waals surface area contributed by atoms with E-state index in [4.69, 9.17) is 18.6 Å². The first-order valence-corrected chi connectivity index (χ1v) is 12.5. The van der Waals surface area contributed by atoms with E-state index in [2.05, 4.69) is 5.32 Å². The lowest BCUT2D eigenvalue weighted by Crippen LogP contribution is -2.46. The van der Waals surface area contributed by atoms with Gasteiger partial charge in [-0.25, -0.2) is 0 Å². The normalized spacial score (nSPS) is 14.1. The number of carbonyl (C=O) groups excluding carboxylic acids is 2. The summed E-state index contributed by atoms with van der Waals surface area (Å²) in [4.78, 5) is 29.3. The molecule has 0 unspecified atom stereocenters. The van der Waals surface area contributed by atoms with E-state index in [1.165, 1.54) is 27.6 Å². The maximum absolute atomic E-state index is 13.9. The van der Waals surface area contributed by atoms with Crippen molar-refractivity contribution in [2.24, 2.45) is 0 Å². The van der Waals surface area contributed by atoms with Gasteiger partial charge in [0.2, 0.25) is 11.7 Å². The van der Waals surface area contributed by atoms with Gasteiger partial charge < -0.3 is 28.8 Å². The molecular formula is C29H34N2O6. The fourth-order valence-corrected chi connectivity index (χ4v) is 4.87. The summed E-state index contributed by atoms with van der Waals surface area (Å²) in [6, 6.07) is 15.7. The fourth-order valence-electron chi connectivity index (χ4n) is 4.87. The highest BCUT2D eigenvalue weighted by Crippen LogP contribution is 2.41. The number of nitrogens with one attached hydrogen (secondary N) is 1. The third-order valence-electron chi connectivity index (χ3n) is 6.74. The van der Waals surface area contributed by atoms with Crippen LogP contribution in [-0.4, -0.2) is 50.6 Å². The van der Waals surface area contributed by atoms with Crippen molar-refractivity contribution >= 4 is 11.8 Å². The first-order valence-electron chi connectivity index (χ1n) is 12.5. The van der Waals surface area contributed by atoms with Crippen LogP contribution in [0, 0.1) is 0 Å². The molecule has 1 saturated carbocycles. The van der Waals surface area contributed by atoms with E-state index in [1.54, 1.807) is 29.2 Å². The fraction of sp³-hybridized carbons (Fsp3) is 0.379. The molecule has 1 heterocycles. The van der Waals surface area contributed by atoms with Crippen molar-refractivity contribution in [2.45, 2.75) is 44.2 Å². The molecule has 0 saturated heterocycles. The first-order chi connectivity index (χ1) is 18.0. The Hall–Kier alpha value is -3.94. The standard InChI is InChI=1S/C29H34N2O6/c1-34-24-18-21(19-25(35-2)27(24)36-3)26(28(32)30-22-12-7-8-13-22)31(29(33)23-14-9-17-37-23)16-15-20-10-5-4-6-11-20/h4-6,9-11,14,17-19,22,26H,7-8,12-13,15-16H2,1-3H3,(H,30,32)/t26-/m1/s1. The lowest BCUT2D eigenvalue weighted by molar-refractivity contribution is -0.126. The Morgan fingerprint density at radius 3 is 2.22 bits per heavy atom. The van der Waals surface area contributed by atoms with Crippen molar-refractivity contribution in [3.63, 3.8) is 0 Å². The molecule has 0 bridgehead atoms. The molecule has 3 aromatic rings. The van der Waals surface area contributed by atoms with Crippen LogP contribution in [0.3, 0.4) is 0 Å². The Kier molecular flexibility index (Phi) is 8.72. The third kappa shape index (κ3) is 6.07. The van der Waals surface area contributed by atoms with Crippen LogP contribution in [0.5, 0.6) is 17.2 Å². The molecule has 1 atom stereocenters. The van der Waals surface area contributed by atoms with E-state index in [9.17, 15) is 9.59 Å². The lowest BCUT2D eigenvalue weighted by atomic mass is 10.0. The molecule has 1 aromatic heterocycles. The number of ether oxygens (including phenoxy) is 3. The number of methoxy groups -OCH3 is 3. The molecule has 2 amide bonds. The number of nitrogens with zero attached hydrogens (tertiary/aromatic N) is 1. The Labute approximate surface area is 217 Å². The molecule has 8 nitrogen and oxygen atoms in total. The molecule has 196 valence electrons. The highest BCUT2D eigenvalue weighted by atomic mass is 16.5. The number of benzene rings is 2. The number of carbonyl (C=O) groups is 2. The van der Waals surface area contributed by atoms with Gasteiger partial charge in [0.1, 0.15) is 6.04 Å². The summed E-state index contributed by atoms with van der Waals surface area (Å²) in [5, 5.41) is 3.18. The minimum Gasteiger partial charge on any atom is -0.493 e. The second kappa shape index (κ2) is 12.3. The van der Waals surface area contributed by atoms with Gasteiger partial charge in [-0.15, -0.1) is 0 Å². The van der Waals surface area contributed by atoms with E-state index >= 15 is 0 Å². The maximum atomic E-state index is 13.9. The maximum Gasteiger partial charge on any atom is 0.290 e. The van der Waals surface area contributed by atoms with E-state index in [1.807, 2.05) is 30.3 Å². The van der Waals surface area contributed by atoms with E-state index in [0.29, 0.717) is 35.8 Å². The van der Waals surface area contributed by atoms with Gasteiger partial charge in [0.25, 0.3) is 5.91 Å². The number of amides is 2. The van der Waals surface area contributed by atoms with Crippen LogP contribution < -0.4 is 19.5 Å². The third-order valence-corrected chi connectivity index (χ3v) is 6.74. The van der Waals surface area contributed by atoms with Crippen molar-refractivity contribution in [3.05, 3.63) is 77.7 Å². The largest absolute Gasteiger partial charge is 0.493 e. The number of hydrogen-bond donors (Lipinski definition) is 1. The van der Waals surface area contributed by atoms with Crippen LogP contribution in [0.25, 0.3) is 0 Å². The summed E-state index contributed by atoms with van der Waals surface area (Å²) >= 11 is 0. The van der Waals surface area contributed by atoms with Gasteiger partial charge in [0.05, 0.1) is 27.6 Å². The van der Waals surface area contributed by atoms with Crippen molar-refractivity contribution < 1.29 is 28.2 Å². The van der Waals surface area contributed by atoms with Crippen LogP contribution in [-0.2, 0) is 11.2 Å². The monoisotopic (exact) mass is 506 g/mol. The van der Waals surface area contributed by atoms with Crippen LogP contribution in [0.15, 0.2) is 65.3 Å². The summed E-state index contributed by atoms with van der Waals surface area (Å²) in [7, 11) is 4.57. The van der Waals surface area contributed by atoms with Crippen LogP contribution in [0.4, 0.5) is 0 Å². The molecule has 2 aromatic carbocycles. The van der Waals surface area contributed by atoms with Gasteiger partial charge in [-0.05, 0) is 54.7 Å². The number of hydrogen-bond acceptors (Lipinski definition) is 6. The average Bonchev–Trinajstić information content (AvgIpc) is 3.65. The summed E-state index contributed by atoms with van der Waals surface area (Å²) in [5.41, 5.74) is 1.61. The Morgan fingerprint density at radius 2 is 1.65 bits per heavy atom. The molecule has 1 aliphatic rings. The molecule has 37 heavy (non-hydrogen) atoms. The Morgan fingerprint density at radius 1 is 0.973 bits per heavy atom. The zero-order valence-corrected chi connectivity index (χ0v) is 21.6. The molecule has 0 aliphatic heterocycles. The number of rotatable bonds is 11. The van der Waals surface area contributed by atoms with Crippen LogP contribution >= 0.6 is 0 Å². The second-order valence-corrected chi connectivity index (χ2v) is 9.06. The quantitative estimate of drug-likeness (QED) is 0.402. The zero-order valence-electron chi connectivity index (χ0n) is 21.6. The van der Waals surface area contributed by atoms with E-state index in [0.717, 1.165) is 31.2 Å². The highest BCUT2D eigenvalue weighted by Gasteiger charge is 2.35. The molecule has 1 aliphatic carbocycles. The van der Waals surface area contributed by atoms with Crippen molar-refractivity contribution in [2.75, 3.05) is 27.9 Å². The molecular weight excluding hydrogens is 472 g/mol. The predicted octanol–water partition coefficient (Wildman–Crippen LogP) is 4.79. The summed E-state index contributed by atoms with van der Waals surface area (Å²) in [6.07, 6.45) is 6.00. The highest BCUT2D eigenvalue weighted by molar-refractivity contribution is 5.96. The minimum atomic E-state index is -0.949. The number of furan rings is 1. The Bertz CT molecular complexity index is 1150. The lowest BCUT2D eigenvalue weighted by Gasteiger charge is -2.32. The van der Waals surface area contributed by atoms with Crippen molar-refractivity contribution in [1.82, 2.24) is 10.2 Å². The summed E-state index contributed by atoms with van der Waals surface area (Å²) < 4.78 is 22.1.